The first kappa shape index (κ1) is 16.0. The molecule has 0 unspecified atom stereocenters. The molecule has 0 amide bonds. The van der Waals surface area contributed by atoms with E-state index in [0.717, 1.165) is 22.3 Å². The number of nitrogens with zero attached hydrogens (tertiary/aromatic N) is 2. The van der Waals surface area contributed by atoms with Gasteiger partial charge in [-0.1, -0.05) is 60.2 Å². The van der Waals surface area contributed by atoms with Crippen molar-refractivity contribution in [2.24, 2.45) is 0 Å². The van der Waals surface area contributed by atoms with Crippen molar-refractivity contribution >= 4 is 11.0 Å². The number of aryl methyl sites for hydroxylation is 1. The maximum Gasteiger partial charge on any atom is 0.330 e. The lowest BCUT2D eigenvalue weighted by Crippen LogP contribution is -2.31. The predicted molar refractivity (Wildman–Crippen MR) is 102 cm³/mol. The average molecular weight is 343 g/mol. The fourth-order valence-electron chi connectivity index (χ4n) is 3.09. The van der Waals surface area contributed by atoms with Gasteiger partial charge in [0.2, 0.25) is 0 Å². The molecule has 0 aliphatic heterocycles. The average Bonchev–Trinajstić information content (AvgIpc) is 2.66. The number of rotatable bonds is 3. The molecule has 2 heterocycles. The first-order chi connectivity index (χ1) is 12.6. The summed E-state index contributed by atoms with van der Waals surface area (Å²) < 4.78 is 1.50. The number of aromatic amines is 1. The van der Waals surface area contributed by atoms with Crippen LogP contribution in [0.3, 0.4) is 0 Å². The van der Waals surface area contributed by atoms with Crippen LogP contribution >= 0.6 is 0 Å². The second-order valence-corrected chi connectivity index (χ2v) is 6.25. The minimum Gasteiger partial charge on any atom is -0.273 e. The van der Waals surface area contributed by atoms with Crippen molar-refractivity contribution in [2.45, 2.75) is 13.5 Å². The van der Waals surface area contributed by atoms with Gasteiger partial charge < -0.3 is 0 Å². The Hall–Kier alpha value is -3.47. The second kappa shape index (κ2) is 6.44. The molecule has 2 aromatic heterocycles. The SMILES string of the molecule is Cc1ccc(-c2ccnc3c2c(=O)[nH]c(=O)n3Cc2ccccc2)cc1. The van der Waals surface area contributed by atoms with Gasteiger partial charge in [0.25, 0.3) is 5.56 Å². The number of aromatic nitrogens is 3. The van der Waals surface area contributed by atoms with E-state index in [1.54, 1.807) is 12.3 Å². The molecule has 0 spiro atoms. The highest BCUT2D eigenvalue weighted by Crippen LogP contribution is 2.25. The molecule has 0 saturated heterocycles. The van der Waals surface area contributed by atoms with E-state index in [2.05, 4.69) is 9.97 Å². The normalized spacial score (nSPS) is 11.0. The van der Waals surface area contributed by atoms with Crippen molar-refractivity contribution in [1.82, 2.24) is 14.5 Å². The third kappa shape index (κ3) is 2.84. The zero-order chi connectivity index (χ0) is 18.1. The van der Waals surface area contributed by atoms with Crippen LogP contribution in [0.4, 0.5) is 0 Å². The van der Waals surface area contributed by atoms with Crippen molar-refractivity contribution in [1.29, 1.82) is 0 Å². The molecule has 4 rings (SSSR count). The molecule has 5 nitrogen and oxygen atoms in total. The Kier molecular flexibility index (Phi) is 3.97. The molecule has 4 aromatic rings. The summed E-state index contributed by atoms with van der Waals surface area (Å²) >= 11 is 0. The van der Waals surface area contributed by atoms with E-state index in [1.165, 1.54) is 4.57 Å². The Labute approximate surface area is 149 Å². The number of H-pyrrole nitrogens is 1. The molecule has 0 aliphatic rings. The molecule has 0 bridgehead atoms. The second-order valence-electron chi connectivity index (χ2n) is 6.25. The minimum absolute atomic E-state index is 0.345. The Bertz CT molecular complexity index is 1190. The van der Waals surface area contributed by atoms with Crippen LogP contribution in [-0.4, -0.2) is 14.5 Å². The Balaban J connectivity index is 1.97. The van der Waals surface area contributed by atoms with E-state index in [-0.39, 0.29) is 0 Å². The van der Waals surface area contributed by atoms with Gasteiger partial charge in [-0.2, -0.15) is 0 Å². The molecule has 0 atom stereocenters. The van der Waals surface area contributed by atoms with E-state index in [0.29, 0.717) is 17.6 Å². The molecule has 1 N–H and O–H groups in total. The molecular formula is C21H17N3O2. The van der Waals surface area contributed by atoms with Crippen LogP contribution in [-0.2, 0) is 6.54 Å². The summed E-state index contributed by atoms with van der Waals surface area (Å²) in [7, 11) is 0. The van der Waals surface area contributed by atoms with Gasteiger partial charge in [-0.3, -0.25) is 14.3 Å². The third-order valence-corrected chi connectivity index (χ3v) is 4.43. The summed E-state index contributed by atoms with van der Waals surface area (Å²) in [4.78, 5) is 31.8. The molecule has 2 aromatic carbocycles. The van der Waals surface area contributed by atoms with E-state index in [9.17, 15) is 9.59 Å². The number of pyridine rings is 1. The highest BCUT2D eigenvalue weighted by atomic mass is 16.2. The topological polar surface area (TPSA) is 67.8 Å². The van der Waals surface area contributed by atoms with Crippen molar-refractivity contribution in [3.63, 3.8) is 0 Å². The summed E-state index contributed by atoms with van der Waals surface area (Å²) in [6.07, 6.45) is 1.64. The van der Waals surface area contributed by atoms with Crippen LogP contribution in [0.2, 0.25) is 0 Å². The smallest absolute Gasteiger partial charge is 0.273 e. The van der Waals surface area contributed by atoms with Gasteiger partial charge in [-0.05, 0) is 29.7 Å². The zero-order valence-corrected chi connectivity index (χ0v) is 14.3. The predicted octanol–water partition coefficient (Wildman–Crippen LogP) is 3.11. The molecule has 128 valence electrons. The summed E-state index contributed by atoms with van der Waals surface area (Å²) in [6, 6.07) is 19.4. The number of hydrogen-bond donors (Lipinski definition) is 1. The van der Waals surface area contributed by atoms with Crippen LogP contribution in [0.25, 0.3) is 22.2 Å². The first-order valence-electron chi connectivity index (χ1n) is 8.36. The fraction of sp³-hybridized carbons (Fsp3) is 0.0952. The van der Waals surface area contributed by atoms with Gasteiger partial charge >= 0.3 is 5.69 Å². The van der Waals surface area contributed by atoms with Gasteiger partial charge in [0.1, 0.15) is 5.65 Å². The number of fused-ring (bicyclic) bond motifs is 1. The van der Waals surface area contributed by atoms with E-state index < -0.39 is 11.2 Å². The lowest BCUT2D eigenvalue weighted by atomic mass is 10.0. The van der Waals surface area contributed by atoms with Crippen LogP contribution in [0, 0.1) is 6.92 Å². The molecule has 5 heteroatoms. The Morgan fingerprint density at radius 2 is 1.69 bits per heavy atom. The highest BCUT2D eigenvalue weighted by Gasteiger charge is 2.14. The summed E-state index contributed by atoms with van der Waals surface area (Å²) in [5, 5.41) is 0.423. The lowest BCUT2D eigenvalue weighted by Gasteiger charge is -2.11. The molecule has 0 saturated carbocycles. The van der Waals surface area contributed by atoms with Crippen LogP contribution in [0.15, 0.2) is 76.4 Å². The standard InChI is InChI=1S/C21H17N3O2/c1-14-7-9-16(10-8-14)17-11-12-22-19-18(17)20(25)23-21(26)24(19)13-15-5-3-2-4-6-15/h2-12H,13H2,1H3,(H,23,25,26). The van der Waals surface area contributed by atoms with Crippen LogP contribution < -0.4 is 11.2 Å². The Morgan fingerprint density at radius 3 is 2.42 bits per heavy atom. The largest absolute Gasteiger partial charge is 0.330 e. The quantitative estimate of drug-likeness (QED) is 0.621. The number of benzene rings is 2. The summed E-state index contributed by atoms with van der Waals surface area (Å²) in [5.41, 5.74) is 3.29. The Morgan fingerprint density at radius 1 is 0.962 bits per heavy atom. The molecule has 26 heavy (non-hydrogen) atoms. The van der Waals surface area contributed by atoms with Gasteiger partial charge in [0, 0.05) is 6.20 Å². The van der Waals surface area contributed by atoms with Crippen molar-refractivity contribution < 1.29 is 0 Å². The van der Waals surface area contributed by atoms with Gasteiger partial charge in [-0.15, -0.1) is 0 Å². The third-order valence-electron chi connectivity index (χ3n) is 4.43. The minimum atomic E-state index is -0.458. The van der Waals surface area contributed by atoms with Crippen molar-refractivity contribution in [3.8, 4) is 11.1 Å². The lowest BCUT2D eigenvalue weighted by molar-refractivity contribution is 0.746. The van der Waals surface area contributed by atoms with Crippen molar-refractivity contribution in [3.05, 3.63) is 98.8 Å². The van der Waals surface area contributed by atoms with Crippen molar-refractivity contribution in [2.75, 3.05) is 0 Å². The monoisotopic (exact) mass is 343 g/mol. The van der Waals surface area contributed by atoms with Gasteiger partial charge in [0.15, 0.2) is 0 Å². The fourth-order valence-corrected chi connectivity index (χ4v) is 3.09. The summed E-state index contributed by atoms with van der Waals surface area (Å²) in [5.74, 6) is 0. The van der Waals surface area contributed by atoms with E-state index >= 15 is 0 Å². The van der Waals surface area contributed by atoms with Crippen LogP contribution in [0.1, 0.15) is 11.1 Å². The van der Waals surface area contributed by atoms with E-state index in [4.69, 9.17) is 0 Å². The van der Waals surface area contributed by atoms with Crippen LogP contribution in [0.5, 0.6) is 0 Å². The van der Waals surface area contributed by atoms with Gasteiger partial charge in [-0.25, -0.2) is 9.78 Å². The molecule has 0 radical (unpaired) electrons. The molecule has 0 fully saturated rings. The zero-order valence-electron chi connectivity index (χ0n) is 14.3. The van der Waals surface area contributed by atoms with E-state index in [1.807, 2.05) is 61.5 Å². The number of hydrogen-bond acceptors (Lipinski definition) is 3. The highest BCUT2D eigenvalue weighted by molar-refractivity contribution is 5.91. The summed E-state index contributed by atoms with van der Waals surface area (Å²) in [6.45, 7) is 2.36. The van der Waals surface area contributed by atoms with Gasteiger partial charge in [0.05, 0.1) is 11.9 Å². The maximum atomic E-state index is 12.6. The number of nitrogens with one attached hydrogen (secondary N) is 1. The molecular weight excluding hydrogens is 326 g/mol. The molecule has 0 aliphatic carbocycles. The maximum absolute atomic E-state index is 12.6. The first-order valence-corrected chi connectivity index (χ1v) is 8.36.